The lowest BCUT2D eigenvalue weighted by molar-refractivity contribution is -0.274. The summed E-state index contributed by atoms with van der Waals surface area (Å²) in [4.78, 5) is 17.2. The molecule has 0 unspecified atom stereocenters. The number of hydrogen-bond donors (Lipinski definition) is 3. The second-order valence-corrected chi connectivity index (χ2v) is 9.98. The van der Waals surface area contributed by atoms with Crippen LogP contribution in [0.25, 0.3) is 0 Å². The third-order valence-electron chi connectivity index (χ3n) is 5.88. The number of nitrogens with zero attached hydrogens (tertiary/aromatic N) is 3. The van der Waals surface area contributed by atoms with Gasteiger partial charge in [-0.05, 0) is 42.7 Å². The fourth-order valence-electron chi connectivity index (χ4n) is 4.24. The van der Waals surface area contributed by atoms with Gasteiger partial charge in [0.15, 0.2) is 0 Å². The van der Waals surface area contributed by atoms with Crippen LogP contribution in [0.15, 0.2) is 55.0 Å². The lowest BCUT2D eigenvalue weighted by Gasteiger charge is -2.16. The molecular formula is C23H24F3N5O6S. The molecule has 0 amide bonds. The van der Waals surface area contributed by atoms with Crippen molar-refractivity contribution in [2.45, 2.75) is 37.9 Å². The molecule has 11 nitrogen and oxygen atoms in total. The zero-order valence-corrected chi connectivity index (χ0v) is 20.5. The summed E-state index contributed by atoms with van der Waals surface area (Å²) in [5.41, 5.74) is 1.24. The summed E-state index contributed by atoms with van der Waals surface area (Å²) < 4.78 is 69.5. The van der Waals surface area contributed by atoms with Crippen LogP contribution >= 0.6 is 0 Å². The molecule has 1 aliphatic carbocycles. The first kappa shape index (κ1) is 27.5. The van der Waals surface area contributed by atoms with Crippen molar-refractivity contribution in [1.82, 2.24) is 14.8 Å². The normalized spacial score (nSPS) is 19.9. The van der Waals surface area contributed by atoms with Crippen LogP contribution in [0.3, 0.4) is 0 Å². The SMILES string of the molecule is NS(=O)(=O)OC[C@H]1C[C@@H](Nc2ccncc2C(=O)c2ccn(Cc3cccc(OC(F)(F)F)c3)n2)C[C@@H]1O. The van der Waals surface area contributed by atoms with Gasteiger partial charge in [-0.3, -0.25) is 18.6 Å². The number of anilines is 1. The van der Waals surface area contributed by atoms with E-state index in [4.69, 9.17) is 5.14 Å². The second kappa shape index (κ2) is 11.1. The first-order chi connectivity index (χ1) is 17.9. The van der Waals surface area contributed by atoms with E-state index in [0.717, 1.165) is 0 Å². The molecule has 3 aromatic rings. The summed E-state index contributed by atoms with van der Waals surface area (Å²) >= 11 is 0. The Labute approximate surface area is 215 Å². The Morgan fingerprint density at radius 2 is 2.03 bits per heavy atom. The van der Waals surface area contributed by atoms with Gasteiger partial charge in [-0.25, -0.2) is 5.14 Å². The summed E-state index contributed by atoms with van der Waals surface area (Å²) in [6.07, 6.45) is -0.591. The largest absolute Gasteiger partial charge is 0.573 e. The zero-order chi connectivity index (χ0) is 27.5. The van der Waals surface area contributed by atoms with Gasteiger partial charge in [-0.2, -0.15) is 13.5 Å². The number of ketones is 1. The molecule has 0 bridgehead atoms. The smallest absolute Gasteiger partial charge is 0.406 e. The predicted octanol–water partition coefficient (Wildman–Crippen LogP) is 2.23. The van der Waals surface area contributed by atoms with E-state index in [1.807, 2.05) is 0 Å². The predicted molar refractivity (Wildman–Crippen MR) is 127 cm³/mol. The molecule has 1 saturated carbocycles. The van der Waals surface area contributed by atoms with Gasteiger partial charge in [0.25, 0.3) is 0 Å². The molecule has 1 fully saturated rings. The van der Waals surface area contributed by atoms with Crippen LogP contribution in [0, 0.1) is 5.92 Å². The third kappa shape index (κ3) is 7.50. The summed E-state index contributed by atoms with van der Waals surface area (Å²) in [5.74, 6) is -1.27. The van der Waals surface area contributed by atoms with Crippen LogP contribution in [-0.2, 0) is 21.0 Å². The Morgan fingerprint density at radius 1 is 1.24 bits per heavy atom. The van der Waals surface area contributed by atoms with Crippen LogP contribution in [0.1, 0.15) is 34.5 Å². The van der Waals surface area contributed by atoms with E-state index in [0.29, 0.717) is 24.1 Å². The van der Waals surface area contributed by atoms with Gasteiger partial charge < -0.3 is 15.2 Å². The van der Waals surface area contributed by atoms with Crippen molar-refractivity contribution in [3.05, 3.63) is 71.8 Å². The highest BCUT2D eigenvalue weighted by atomic mass is 32.2. The Hall–Kier alpha value is -3.53. The molecule has 1 aromatic carbocycles. The fourth-order valence-corrected chi connectivity index (χ4v) is 4.60. The number of carbonyl (C=O) groups is 1. The van der Waals surface area contributed by atoms with E-state index in [1.54, 1.807) is 12.1 Å². The summed E-state index contributed by atoms with van der Waals surface area (Å²) in [6, 6.07) is 8.24. The highest BCUT2D eigenvalue weighted by Crippen LogP contribution is 2.30. The average Bonchev–Trinajstić information content (AvgIpc) is 3.42. The molecule has 4 rings (SSSR count). The Kier molecular flexibility index (Phi) is 8.01. The highest BCUT2D eigenvalue weighted by molar-refractivity contribution is 7.84. The van der Waals surface area contributed by atoms with E-state index in [-0.39, 0.29) is 36.2 Å². The second-order valence-electron chi connectivity index (χ2n) is 8.76. The maximum atomic E-state index is 13.2. The lowest BCUT2D eigenvalue weighted by Crippen LogP contribution is -2.24. The van der Waals surface area contributed by atoms with Gasteiger partial charge >= 0.3 is 16.7 Å². The number of rotatable bonds is 10. The number of hydrogen-bond acceptors (Lipinski definition) is 9. The van der Waals surface area contributed by atoms with E-state index in [1.165, 1.54) is 47.5 Å². The monoisotopic (exact) mass is 555 g/mol. The summed E-state index contributed by atoms with van der Waals surface area (Å²) in [6.45, 7) is -0.161. The van der Waals surface area contributed by atoms with Crippen molar-refractivity contribution in [1.29, 1.82) is 0 Å². The quantitative estimate of drug-likeness (QED) is 0.319. The number of carbonyl (C=O) groups excluding carboxylic acids is 1. The molecule has 2 aromatic heterocycles. The average molecular weight is 556 g/mol. The number of pyridine rings is 1. The van der Waals surface area contributed by atoms with Crippen molar-refractivity contribution >= 4 is 21.8 Å². The van der Waals surface area contributed by atoms with Crippen molar-refractivity contribution in [2.75, 3.05) is 11.9 Å². The van der Waals surface area contributed by atoms with Gasteiger partial charge in [-0.1, -0.05) is 12.1 Å². The van der Waals surface area contributed by atoms with E-state index in [2.05, 4.69) is 24.3 Å². The third-order valence-corrected chi connectivity index (χ3v) is 6.34. The van der Waals surface area contributed by atoms with Gasteiger partial charge in [0.05, 0.1) is 24.8 Å². The van der Waals surface area contributed by atoms with E-state index >= 15 is 0 Å². The number of nitrogens with two attached hydrogens (primary N) is 1. The van der Waals surface area contributed by atoms with Crippen molar-refractivity contribution in [3.63, 3.8) is 0 Å². The molecule has 4 N–H and O–H groups in total. The zero-order valence-electron chi connectivity index (χ0n) is 19.7. The molecule has 0 radical (unpaired) electrons. The maximum Gasteiger partial charge on any atom is 0.573 e. The lowest BCUT2D eigenvalue weighted by atomic mass is 10.1. The minimum absolute atomic E-state index is 0.0923. The molecule has 2 heterocycles. The van der Waals surface area contributed by atoms with Gasteiger partial charge in [-0.15, -0.1) is 13.2 Å². The van der Waals surface area contributed by atoms with Crippen LogP contribution < -0.4 is 15.2 Å². The molecule has 0 spiro atoms. The Bertz CT molecular complexity index is 1400. The number of halogens is 3. The number of benzene rings is 1. The maximum absolute atomic E-state index is 13.2. The molecule has 15 heteroatoms. The minimum atomic E-state index is -4.81. The summed E-state index contributed by atoms with van der Waals surface area (Å²) in [7, 11) is -4.13. The van der Waals surface area contributed by atoms with Crippen LogP contribution in [0.2, 0.25) is 0 Å². The number of aliphatic hydroxyl groups excluding tert-OH is 1. The summed E-state index contributed by atoms with van der Waals surface area (Å²) in [5, 5.41) is 22.6. The van der Waals surface area contributed by atoms with Gasteiger partial charge in [0.1, 0.15) is 11.4 Å². The molecule has 1 aliphatic rings. The number of alkyl halides is 3. The van der Waals surface area contributed by atoms with E-state index < -0.39 is 34.5 Å². The minimum Gasteiger partial charge on any atom is -0.406 e. The number of aliphatic hydroxyl groups is 1. The molecule has 38 heavy (non-hydrogen) atoms. The number of aromatic nitrogens is 3. The topological polar surface area (TPSA) is 159 Å². The van der Waals surface area contributed by atoms with Crippen LogP contribution in [0.5, 0.6) is 5.75 Å². The molecule has 204 valence electrons. The molecule has 0 saturated heterocycles. The number of nitrogens with one attached hydrogen (secondary N) is 1. The van der Waals surface area contributed by atoms with Crippen molar-refractivity contribution in [3.8, 4) is 5.75 Å². The molecule has 3 atom stereocenters. The number of ether oxygens (including phenoxy) is 1. The molecular weight excluding hydrogens is 531 g/mol. The van der Waals surface area contributed by atoms with Crippen molar-refractivity contribution < 1.29 is 40.4 Å². The van der Waals surface area contributed by atoms with Gasteiger partial charge in [0, 0.05) is 36.2 Å². The first-order valence-electron chi connectivity index (χ1n) is 11.3. The standard InChI is InChI=1S/C23H24F3N5O6S/c24-23(25,26)37-17-3-1-2-14(8-17)12-31-7-5-20(30-31)22(33)18-11-28-6-4-19(18)29-16-9-15(21(32)10-16)13-36-38(27,34)35/h1-8,11,15-16,21,32H,9-10,12-13H2,(H,28,29)(H2,27,34,35)/t15-,16-,21+/m1/s1. The fraction of sp³-hybridized carbons (Fsp3) is 0.348. The Balaban J connectivity index is 1.43. The van der Waals surface area contributed by atoms with Crippen LogP contribution in [0.4, 0.5) is 18.9 Å². The first-order valence-corrected chi connectivity index (χ1v) is 12.8. The van der Waals surface area contributed by atoms with Crippen molar-refractivity contribution in [2.24, 2.45) is 11.1 Å². The van der Waals surface area contributed by atoms with Crippen LogP contribution in [-0.4, -0.2) is 59.2 Å². The Morgan fingerprint density at radius 3 is 2.76 bits per heavy atom. The molecule has 0 aliphatic heterocycles. The van der Waals surface area contributed by atoms with E-state index in [9.17, 15) is 31.5 Å². The van der Waals surface area contributed by atoms with Gasteiger partial charge in [0.2, 0.25) is 5.78 Å². The highest BCUT2D eigenvalue weighted by Gasteiger charge is 2.34.